The highest BCUT2D eigenvalue weighted by atomic mass is 16.3. The third-order valence-corrected chi connectivity index (χ3v) is 10.4. The minimum absolute atomic E-state index is 0.905. The van der Waals surface area contributed by atoms with Gasteiger partial charge in [-0.05, 0) is 126 Å². The van der Waals surface area contributed by atoms with Crippen LogP contribution >= 0.6 is 0 Å². The number of furan rings is 1. The monoisotopic (exact) mass is 674 g/mol. The third-order valence-electron chi connectivity index (χ3n) is 10.4. The van der Waals surface area contributed by atoms with Crippen molar-refractivity contribution in [2.75, 3.05) is 0 Å². The Labute approximate surface area is 309 Å². The third kappa shape index (κ3) is 5.79. The van der Waals surface area contributed by atoms with Crippen LogP contribution in [-0.2, 0) is 0 Å². The van der Waals surface area contributed by atoms with Crippen LogP contribution in [0.15, 0.2) is 211 Å². The van der Waals surface area contributed by atoms with E-state index in [9.17, 15) is 0 Å². The maximum atomic E-state index is 6.33. The van der Waals surface area contributed by atoms with Gasteiger partial charge in [-0.25, -0.2) is 0 Å². The van der Waals surface area contributed by atoms with Crippen molar-refractivity contribution in [3.63, 3.8) is 0 Å². The van der Waals surface area contributed by atoms with Crippen LogP contribution < -0.4 is 0 Å². The molecule has 0 radical (unpaired) electrons. The lowest BCUT2D eigenvalue weighted by Gasteiger charge is -2.15. The molecule has 10 aromatic rings. The molecule has 0 amide bonds. The summed E-state index contributed by atoms with van der Waals surface area (Å²) in [6.45, 7) is 0. The molecule has 0 fully saturated rings. The Balaban J connectivity index is 1.10. The van der Waals surface area contributed by atoms with Crippen molar-refractivity contribution in [2.45, 2.75) is 0 Å². The highest BCUT2D eigenvalue weighted by molar-refractivity contribution is 6.11. The predicted octanol–water partition coefficient (Wildman–Crippen LogP) is 14.7. The quantitative estimate of drug-likeness (QED) is 0.171. The van der Waals surface area contributed by atoms with Gasteiger partial charge in [-0.2, -0.15) is 0 Å². The van der Waals surface area contributed by atoms with E-state index < -0.39 is 0 Å². The Bertz CT molecular complexity index is 2920. The molecule has 0 bridgehead atoms. The number of hydrogen-bond acceptors (Lipinski definition) is 1. The van der Waals surface area contributed by atoms with Crippen LogP contribution in [0.2, 0.25) is 0 Å². The SMILES string of the molecule is c1ccc(-c2ccc(-c3cc(-c4cccc(-c5ccc6oc7cc8ccccc8cc7c6c5)c4)cc(-c4ccccc4-c4ccccc4)c3)cc2)cc1. The second-order valence-electron chi connectivity index (χ2n) is 13.7. The van der Waals surface area contributed by atoms with Gasteiger partial charge in [0.1, 0.15) is 11.2 Å². The van der Waals surface area contributed by atoms with E-state index in [4.69, 9.17) is 4.42 Å². The van der Waals surface area contributed by atoms with E-state index in [0.717, 1.165) is 27.5 Å². The minimum Gasteiger partial charge on any atom is -0.456 e. The van der Waals surface area contributed by atoms with Gasteiger partial charge in [0.2, 0.25) is 0 Å². The van der Waals surface area contributed by atoms with E-state index in [1.165, 1.54) is 72.0 Å². The summed E-state index contributed by atoms with van der Waals surface area (Å²) in [6, 6.07) is 74.4. The van der Waals surface area contributed by atoms with Crippen molar-refractivity contribution in [3.8, 4) is 66.8 Å². The Morgan fingerprint density at radius 3 is 1.38 bits per heavy atom. The van der Waals surface area contributed by atoms with Crippen molar-refractivity contribution in [2.24, 2.45) is 0 Å². The standard InChI is InChI=1S/C52H34O/c1-3-12-35(13-4-1)36-22-24-37(25-23-36)44-29-45(31-46(30-44)48-21-10-9-20-47(48)38-14-5-2-6-15-38)40-19-11-18-39(28-40)43-26-27-51-49(33-43)50-32-41-16-7-8-17-42(41)34-52(50)53-51/h1-34H. The van der Waals surface area contributed by atoms with Crippen molar-refractivity contribution in [3.05, 3.63) is 206 Å². The molecule has 0 atom stereocenters. The summed E-state index contributed by atoms with van der Waals surface area (Å²) in [5.41, 5.74) is 16.1. The Kier molecular flexibility index (Phi) is 7.55. The van der Waals surface area contributed by atoms with Gasteiger partial charge in [0, 0.05) is 10.8 Å². The summed E-state index contributed by atoms with van der Waals surface area (Å²) in [7, 11) is 0. The molecule has 0 aliphatic carbocycles. The molecule has 0 saturated heterocycles. The molecule has 0 aliphatic rings. The molecule has 248 valence electrons. The minimum atomic E-state index is 0.905. The van der Waals surface area contributed by atoms with Crippen LogP contribution in [0.1, 0.15) is 0 Å². The molecule has 0 saturated carbocycles. The summed E-state index contributed by atoms with van der Waals surface area (Å²) >= 11 is 0. The van der Waals surface area contributed by atoms with Gasteiger partial charge in [-0.15, -0.1) is 0 Å². The average molecular weight is 675 g/mol. The van der Waals surface area contributed by atoms with E-state index in [2.05, 4.69) is 206 Å². The number of hydrogen-bond donors (Lipinski definition) is 0. The van der Waals surface area contributed by atoms with E-state index in [0.29, 0.717) is 0 Å². The largest absolute Gasteiger partial charge is 0.456 e. The van der Waals surface area contributed by atoms with Crippen LogP contribution in [0.4, 0.5) is 0 Å². The summed E-state index contributed by atoms with van der Waals surface area (Å²) in [5.74, 6) is 0. The fraction of sp³-hybridized carbons (Fsp3) is 0. The normalized spacial score (nSPS) is 11.4. The summed E-state index contributed by atoms with van der Waals surface area (Å²) in [5, 5.41) is 4.68. The van der Waals surface area contributed by atoms with E-state index in [-0.39, 0.29) is 0 Å². The Hall–Kier alpha value is -6.96. The summed E-state index contributed by atoms with van der Waals surface area (Å²) < 4.78 is 6.33. The van der Waals surface area contributed by atoms with Crippen molar-refractivity contribution in [1.29, 1.82) is 0 Å². The van der Waals surface area contributed by atoms with Crippen LogP contribution in [-0.4, -0.2) is 0 Å². The lowest BCUT2D eigenvalue weighted by atomic mass is 9.89. The fourth-order valence-electron chi connectivity index (χ4n) is 7.73. The zero-order valence-corrected chi connectivity index (χ0v) is 29.0. The molecule has 0 spiro atoms. The first kappa shape index (κ1) is 30.8. The molecule has 1 aromatic heterocycles. The fourth-order valence-corrected chi connectivity index (χ4v) is 7.73. The molecule has 9 aromatic carbocycles. The topological polar surface area (TPSA) is 13.1 Å². The number of fused-ring (bicyclic) bond motifs is 4. The van der Waals surface area contributed by atoms with Crippen LogP contribution in [0.3, 0.4) is 0 Å². The first-order chi connectivity index (χ1) is 26.2. The zero-order valence-electron chi connectivity index (χ0n) is 29.0. The van der Waals surface area contributed by atoms with Gasteiger partial charge in [0.25, 0.3) is 0 Å². The Morgan fingerprint density at radius 1 is 0.226 bits per heavy atom. The maximum absolute atomic E-state index is 6.33. The molecular formula is C52H34O. The molecule has 1 heterocycles. The molecule has 1 nitrogen and oxygen atoms in total. The van der Waals surface area contributed by atoms with Crippen LogP contribution in [0.5, 0.6) is 0 Å². The molecule has 10 rings (SSSR count). The summed E-state index contributed by atoms with van der Waals surface area (Å²) in [4.78, 5) is 0. The summed E-state index contributed by atoms with van der Waals surface area (Å²) in [6.07, 6.45) is 0. The molecular weight excluding hydrogens is 641 g/mol. The van der Waals surface area contributed by atoms with Crippen LogP contribution in [0, 0.1) is 0 Å². The van der Waals surface area contributed by atoms with E-state index in [1.54, 1.807) is 0 Å². The van der Waals surface area contributed by atoms with Gasteiger partial charge in [-0.1, -0.05) is 158 Å². The number of rotatable bonds is 6. The zero-order chi connectivity index (χ0) is 35.1. The molecule has 0 unspecified atom stereocenters. The smallest absolute Gasteiger partial charge is 0.136 e. The van der Waals surface area contributed by atoms with E-state index in [1.807, 2.05) is 0 Å². The van der Waals surface area contributed by atoms with Gasteiger partial charge in [0.15, 0.2) is 0 Å². The van der Waals surface area contributed by atoms with Crippen molar-refractivity contribution in [1.82, 2.24) is 0 Å². The van der Waals surface area contributed by atoms with E-state index >= 15 is 0 Å². The lowest BCUT2D eigenvalue weighted by molar-refractivity contribution is 0.669. The number of benzene rings is 9. The molecule has 0 aliphatic heterocycles. The second-order valence-corrected chi connectivity index (χ2v) is 13.7. The second kappa shape index (κ2) is 13.0. The molecule has 53 heavy (non-hydrogen) atoms. The van der Waals surface area contributed by atoms with Crippen molar-refractivity contribution < 1.29 is 4.42 Å². The Morgan fingerprint density at radius 2 is 0.660 bits per heavy atom. The van der Waals surface area contributed by atoms with Gasteiger partial charge < -0.3 is 4.42 Å². The first-order valence-corrected chi connectivity index (χ1v) is 18.2. The van der Waals surface area contributed by atoms with Crippen LogP contribution in [0.25, 0.3) is 99.5 Å². The lowest BCUT2D eigenvalue weighted by Crippen LogP contribution is -1.89. The first-order valence-electron chi connectivity index (χ1n) is 18.2. The molecule has 0 N–H and O–H groups in total. The van der Waals surface area contributed by atoms with Gasteiger partial charge in [0.05, 0.1) is 0 Å². The van der Waals surface area contributed by atoms with Gasteiger partial charge in [-0.3, -0.25) is 0 Å². The highest BCUT2D eigenvalue weighted by Gasteiger charge is 2.14. The highest BCUT2D eigenvalue weighted by Crippen LogP contribution is 2.40. The average Bonchev–Trinajstić information content (AvgIpc) is 3.60. The molecule has 1 heteroatoms. The van der Waals surface area contributed by atoms with Gasteiger partial charge >= 0.3 is 0 Å². The maximum Gasteiger partial charge on any atom is 0.136 e. The van der Waals surface area contributed by atoms with Crippen molar-refractivity contribution >= 4 is 32.7 Å². The predicted molar refractivity (Wildman–Crippen MR) is 224 cm³/mol.